The molecule has 1 aromatic heterocycles. The van der Waals surface area contributed by atoms with Crippen LogP contribution in [0, 0.1) is 0 Å². The van der Waals surface area contributed by atoms with Gasteiger partial charge in [-0.25, -0.2) is 0 Å². The van der Waals surface area contributed by atoms with Crippen LogP contribution in [0.3, 0.4) is 0 Å². The summed E-state index contributed by atoms with van der Waals surface area (Å²) < 4.78 is 5.49. The fourth-order valence-corrected chi connectivity index (χ4v) is 2.03. The zero-order chi connectivity index (χ0) is 11.8. The molecule has 16 heavy (non-hydrogen) atoms. The van der Waals surface area contributed by atoms with Crippen molar-refractivity contribution in [2.24, 2.45) is 0 Å². The topological polar surface area (TPSA) is 25.2 Å². The van der Waals surface area contributed by atoms with Gasteiger partial charge in [-0.05, 0) is 31.9 Å². The summed E-state index contributed by atoms with van der Waals surface area (Å²) >= 11 is 0. The van der Waals surface area contributed by atoms with Crippen LogP contribution in [0.2, 0.25) is 0 Å². The highest BCUT2D eigenvalue weighted by Gasteiger charge is 2.15. The van der Waals surface area contributed by atoms with Crippen LogP contribution in [0.25, 0.3) is 0 Å². The highest BCUT2D eigenvalue weighted by molar-refractivity contribution is 5.21. The Morgan fingerprint density at radius 2 is 2.31 bits per heavy atom. The summed E-state index contributed by atoms with van der Waals surface area (Å²) in [5.74, 6) is 1.12. The van der Waals surface area contributed by atoms with Gasteiger partial charge in [0, 0.05) is 18.0 Å². The van der Waals surface area contributed by atoms with E-state index in [1.165, 1.54) is 12.0 Å². The SMILES string of the molecule is C=CCCCC(NCC)c1ccoc1CC. The summed E-state index contributed by atoms with van der Waals surface area (Å²) in [6, 6.07) is 2.53. The molecule has 1 unspecified atom stereocenters. The summed E-state index contributed by atoms with van der Waals surface area (Å²) in [5.41, 5.74) is 1.33. The molecule has 0 aliphatic carbocycles. The van der Waals surface area contributed by atoms with Crippen LogP contribution in [-0.2, 0) is 6.42 Å². The third kappa shape index (κ3) is 3.53. The molecule has 2 nitrogen and oxygen atoms in total. The first kappa shape index (κ1) is 13.0. The highest BCUT2D eigenvalue weighted by Crippen LogP contribution is 2.24. The number of unbranched alkanes of at least 4 members (excludes halogenated alkanes) is 1. The number of allylic oxidation sites excluding steroid dienone is 1. The number of rotatable bonds is 8. The Kier molecular flexibility index (Phi) is 5.94. The average molecular weight is 221 g/mol. The molecule has 1 rings (SSSR count). The van der Waals surface area contributed by atoms with E-state index in [-0.39, 0.29) is 0 Å². The standard InChI is InChI=1S/C14H23NO/c1-4-7-8-9-13(15-6-3)12-10-11-16-14(12)5-2/h4,10-11,13,15H,1,5-9H2,2-3H3. The molecular weight excluding hydrogens is 198 g/mol. The van der Waals surface area contributed by atoms with Gasteiger partial charge in [-0.2, -0.15) is 0 Å². The monoisotopic (exact) mass is 221 g/mol. The zero-order valence-corrected chi connectivity index (χ0v) is 10.5. The molecule has 0 aliphatic heterocycles. The van der Waals surface area contributed by atoms with E-state index < -0.39 is 0 Å². The fourth-order valence-electron chi connectivity index (χ4n) is 2.03. The molecule has 2 heteroatoms. The molecule has 0 amide bonds. The van der Waals surface area contributed by atoms with Gasteiger partial charge in [0.15, 0.2) is 0 Å². The van der Waals surface area contributed by atoms with E-state index in [1.807, 2.05) is 6.08 Å². The maximum atomic E-state index is 5.49. The molecule has 0 aliphatic rings. The summed E-state index contributed by atoms with van der Waals surface area (Å²) in [5, 5.41) is 3.52. The van der Waals surface area contributed by atoms with Gasteiger partial charge in [-0.3, -0.25) is 0 Å². The Labute approximate surface area is 98.7 Å². The summed E-state index contributed by atoms with van der Waals surface area (Å²) in [7, 11) is 0. The first-order valence-corrected chi connectivity index (χ1v) is 6.24. The van der Waals surface area contributed by atoms with Crippen molar-refractivity contribution in [2.45, 2.75) is 45.6 Å². The second-order valence-corrected chi connectivity index (χ2v) is 3.98. The number of nitrogens with one attached hydrogen (secondary N) is 1. The van der Waals surface area contributed by atoms with Crippen LogP contribution in [-0.4, -0.2) is 6.54 Å². The lowest BCUT2D eigenvalue weighted by Gasteiger charge is -2.17. The molecule has 0 saturated heterocycles. The molecule has 0 radical (unpaired) electrons. The Morgan fingerprint density at radius 1 is 1.50 bits per heavy atom. The molecule has 0 aromatic carbocycles. The van der Waals surface area contributed by atoms with Crippen LogP contribution >= 0.6 is 0 Å². The van der Waals surface area contributed by atoms with Gasteiger partial charge < -0.3 is 9.73 Å². The predicted octanol–water partition coefficient (Wildman–Crippen LogP) is 3.85. The predicted molar refractivity (Wildman–Crippen MR) is 68.6 cm³/mol. The van der Waals surface area contributed by atoms with Crippen LogP contribution in [0.15, 0.2) is 29.4 Å². The van der Waals surface area contributed by atoms with Crippen LogP contribution in [0.5, 0.6) is 0 Å². The van der Waals surface area contributed by atoms with Crippen molar-refractivity contribution in [1.82, 2.24) is 5.32 Å². The van der Waals surface area contributed by atoms with Crippen LogP contribution in [0.1, 0.15) is 50.5 Å². The van der Waals surface area contributed by atoms with Crippen molar-refractivity contribution in [3.8, 4) is 0 Å². The van der Waals surface area contributed by atoms with Crippen molar-refractivity contribution in [2.75, 3.05) is 6.54 Å². The van der Waals surface area contributed by atoms with Gasteiger partial charge in [0.25, 0.3) is 0 Å². The van der Waals surface area contributed by atoms with Crippen molar-refractivity contribution >= 4 is 0 Å². The summed E-state index contributed by atoms with van der Waals surface area (Å²) in [6.07, 6.45) is 8.15. The lowest BCUT2D eigenvalue weighted by molar-refractivity contribution is 0.467. The molecule has 90 valence electrons. The van der Waals surface area contributed by atoms with Gasteiger partial charge in [-0.15, -0.1) is 6.58 Å². The van der Waals surface area contributed by atoms with Gasteiger partial charge in [0.1, 0.15) is 5.76 Å². The minimum absolute atomic E-state index is 0.429. The number of hydrogen-bond donors (Lipinski definition) is 1. The molecule has 1 N–H and O–H groups in total. The molecule has 0 saturated carbocycles. The van der Waals surface area contributed by atoms with Gasteiger partial charge in [0.05, 0.1) is 6.26 Å². The Hall–Kier alpha value is -1.02. The lowest BCUT2D eigenvalue weighted by atomic mass is 10.0. The largest absolute Gasteiger partial charge is 0.469 e. The van der Waals surface area contributed by atoms with E-state index in [2.05, 4.69) is 31.8 Å². The maximum absolute atomic E-state index is 5.49. The number of aryl methyl sites for hydroxylation is 1. The molecule has 0 bridgehead atoms. The minimum Gasteiger partial charge on any atom is -0.469 e. The summed E-state index contributed by atoms with van der Waals surface area (Å²) in [4.78, 5) is 0. The van der Waals surface area contributed by atoms with Crippen molar-refractivity contribution < 1.29 is 4.42 Å². The first-order valence-electron chi connectivity index (χ1n) is 6.24. The second-order valence-electron chi connectivity index (χ2n) is 3.98. The zero-order valence-electron chi connectivity index (χ0n) is 10.5. The minimum atomic E-state index is 0.429. The van der Waals surface area contributed by atoms with E-state index in [4.69, 9.17) is 4.42 Å². The highest BCUT2D eigenvalue weighted by atomic mass is 16.3. The van der Waals surface area contributed by atoms with Gasteiger partial charge in [-0.1, -0.05) is 19.9 Å². The fraction of sp³-hybridized carbons (Fsp3) is 0.571. The third-order valence-electron chi connectivity index (χ3n) is 2.83. The molecule has 0 fully saturated rings. The number of furan rings is 1. The quantitative estimate of drug-likeness (QED) is 0.533. The van der Waals surface area contributed by atoms with Crippen LogP contribution in [0.4, 0.5) is 0 Å². The first-order chi connectivity index (χ1) is 7.83. The summed E-state index contributed by atoms with van der Waals surface area (Å²) in [6.45, 7) is 9.03. The van der Waals surface area contributed by atoms with Crippen molar-refractivity contribution in [1.29, 1.82) is 0 Å². The average Bonchev–Trinajstić information content (AvgIpc) is 2.76. The molecule has 0 spiro atoms. The molecular formula is C14H23NO. The van der Waals surface area contributed by atoms with E-state index in [0.29, 0.717) is 6.04 Å². The van der Waals surface area contributed by atoms with Gasteiger partial charge in [0.2, 0.25) is 0 Å². The van der Waals surface area contributed by atoms with Crippen LogP contribution < -0.4 is 5.32 Å². The van der Waals surface area contributed by atoms with E-state index in [9.17, 15) is 0 Å². The lowest BCUT2D eigenvalue weighted by Crippen LogP contribution is -2.21. The normalized spacial score (nSPS) is 12.6. The van der Waals surface area contributed by atoms with Crippen molar-refractivity contribution in [3.63, 3.8) is 0 Å². The molecule has 1 atom stereocenters. The molecule has 1 heterocycles. The Bertz CT molecular complexity index is 303. The van der Waals surface area contributed by atoms with Gasteiger partial charge >= 0.3 is 0 Å². The maximum Gasteiger partial charge on any atom is 0.108 e. The molecule has 1 aromatic rings. The third-order valence-corrected chi connectivity index (χ3v) is 2.83. The Balaban J connectivity index is 2.64. The van der Waals surface area contributed by atoms with E-state index in [1.54, 1.807) is 6.26 Å². The van der Waals surface area contributed by atoms with Crippen molar-refractivity contribution in [3.05, 3.63) is 36.3 Å². The number of hydrogen-bond acceptors (Lipinski definition) is 2. The smallest absolute Gasteiger partial charge is 0.108 e. The second kappa shape index (κ2) is 7.29. The Morgan fingerprint density at radius 3 is 2.94 bits per heavy atom. The van der Waals surface area contributed by atoms with E-state index >= 15 is 0 Å². The van der Waals surface area contributed by atoms with E-state index in [0.717, 1.165) is 31.6 Å².